The summed E-state index contributed by atoms with van der Waals surface area (Å²) in [6.07, 6.45) is 1.83. The topological polar surface area (TPSA) is 120 Å². The highest BCUT2D eigenvalue weighted by Crippen LogP contribution is 2.39. The zero-order valence-corrected chi connectivity index (χ0v) is 15.0. The smallest absolute Gasteiger partial charge is 0.158 e. The Balaban J connectivity index is 1.38. The third-order valence-corrected chi connectivity index (χ3v) is 5.53. The number of hydrogen-bond acceptors (Lipinski definition) is 8. The molecule has 8 heteroatoms. The van der Waals surface area contributed by atoms with Gasteiger partial charge in [0.25, 0.3) is 0 Å². The standard InChI is InChI=1S/C18H30O8/c19-2-1-18(5-14-10-24-14,6-15-11-25-15)26-16(20)7-17(21,3-12-8-22-12)4-13-9-23-13/h12-16,19-21H,1-11H2. The van der Waals surface area contributed by atoms with Crippen molar-refractivity contribution in [3.63, 3.8) is 0 Å². The maximum absolute atomic E-state index is 11.0. The summed E-state index contributed by atoms with van der Waals surface area (Å²) in [6.45, 7) is 2.62. The summed E-state index contributed by atoms with van der Waals surface area (Å²) in [4.78, 5) is 0. The van der Waals surface area contributed by atoms with Crippen LogP contribution in [0.25, 0.3) is 0 Å². The molecule has 5 unspecified atom stereocenters. The monoisotopic (exact) mass is 374 g/mol. The van der Waals surface area contributed by atoms with Crippen molar-refractivity contribution in [2.24, 2.45) is 0 Å². The third kappa shape index (κ3) is 5.84. The lowest BCUT2D eigenvalue weighted by Gasteiger charge is -2.37. The molecule has 150 valence electrons. The van der Waals surface area contributed by atoms with Gasteiger partial charge in [0, 0.05) is 38.7 Å². The van der Waals surface area contributed by atoms with Gasteiger partial charge in [0.15, 0.2) is 6.29 Å². The molecule has 0 radical (unpaired) electrons. The SMILES string of the molecule is OCCC(CC1CO1)(CC1CO1)OC(O)CC(O)(CC1CO1)CC1CO1. The maximum atomic E-state index is 11.0. The van der Waals surface area contributed by atoms with E-state index in [0.717, 1.165) is 0 Å². The Morgan fingerprint density at radius 3 is 1.65 bits per heavy atom. The highest BCUT2D eigenvalue weighted by molar-refractivity contribution is 4.95. The van der Waals surface area contributed by atoms with Crippen LogP contribution in [0.15, 0.2) is 0 Å². The molecule has 0 aromatic carbocycles. The number of hydrogen-bond donors (Lipinski definition) is 3. The van der Waals surface area contributed by atoms with Gasteiger partial charge in [0.1, 0.15) is 0 Å². The first-order chi connectivity index (χ1) is 12.5. The predicted molar refractivity (Wildman–Crippen MR) is 88.5 cm³/mol. The zero-order chi connectivity index (χ0) is 18.2. The van der Waals surface area contributed by atoms with E-state index < -0.39 is 17.5 Å². The summed E-state index contributed by atoms with van der Waals surface area (Å²) in [5.74, 6) is 0. The van der Waals surface area contributed by atoms with E-state index in [2.05, 4.69) is 0 Å². The van der Waals surface area contributed by atoms with Crippen LogP contribution in [0.4, 0.5) is 0 Å². The average molecular weight is 374 g/mol. The Morgan fingerprint density at radius 1 is 0.846 bits per heavy atom. The third-order valence-electron chi connectivity index (χ3n) is 5.53. The first-order valence-electron chi connectivity index (χ1n) is 9.63. The molecule has 4 aliphatic rings. The molecule has 5 atom stereocenters. The predicted octanol–water partition coefficient (Wildman–Crippen LogP) is -0.281. The van der Waals surface area contributed by atoms with Gasteiger partial charge >= 0.3 is 0 Å². The summed E-state index contributed by atoms with van der Waals surface area (Å²) in [5.41, 5.74) is -1.79. The molecular weight excluding hydrogens is 344 g/mol. The van der Waals surface area contributed by atoms with Gasteiger partial charge in [-0.1, -0.05) is 0 Å². The molecular formula is C18H30O8. The van der Waals surface area contributed by atoms with Gasteiger partial charge in [-0.3, -0.25) is 0 Å². The van der Waals surface area contributed by atoms with E-state index in [1.807, 2.05) is 0 Å². The first-order valence-corrected chi connectivity index (χ1v) is 9.63. The number of epoxide rings is 4. The van der Waals surface area contributed by atoms with Crippen LogP contribution >= 0.6 is 0 Å². The lowest BCUT2D eigenvalue weighted by atomic mass is 9.86. The largest absolute Gasteiger partial charge is 0.396 e. The molecule has 0 bridgehead atoms. The molecule has 0 saturated carbocycles. The molecule has 0 amide bonds. The van der Waals surface area contributed by atoms with Crippen LogP contribution in [0.3, 0.4) is 0 Å². The van der Waals surface area contributed by atoms with E-state index in [1.165, 1.54) is 0 Å². The van der Waals surface area contributed by atoms with Crippen LogP contribution in [0.1, 0.15) is 38.5 Å². The minimum Gasteiger partial charge on any atom is -0.396 e. The van der Waals surface area contributed by atoms with Crippen molar-refractivity contribution in [3.8, 4) is 0 Å². The van der Waals surface area contributed by atoms with Gasteiger partial charge in [0.2, 0.25) is 0 Å². The molecule has 26 heavy (non-hydrogen) atoms. The van der Waals surface area contributed by atoms with Crippen molar-refractivity contribution in [2.45, 2.75) is 80.4 Å². The summed E-state index contributed by atoms with van der Waals surface area (Å²) < 4.78 is 27.3. The first kappa shape index (κ1) is 19.0. The Morgan fingerprint density at radius 2 is 1.27 bits per heavy atom. The Labute approximate surface area is 153 Å². The number of rotatable bonds is 14. The fourth-order valence-electron chi connectivity index (χ4n) is 3.97. The number of aliphatic hydroxyl groups is 3. The van der Waals surface area contributed by atoms with Gasteiger partial charge in [0.05, 0.1) is 62.0 Å². The summed E-state index contributed by atoms with van der Waals surface area (Å²) in [7, 11) is 0. The lowest BCUT2D eigenvalue weighted by molar-refractivity contribution is -0.220. The van der Waals surface area contributed by atoms with Crippen LogP contribution in [-0.2, 0) is 23.7 Å². The lowest BCUT2D eigenvalue weighted by Crippen LogP contribution is -2.44. The van der Waals surface area contributed by atoms with E-state index in [4.69, 9.17) is 23.7 Å². The summed E-state index contributed by atoms with van der Waals surface area (Å²) in [6, 6.07) is 0. The Hall–Kier alpha value is -0.320. The molecule has 8 nitrogen and oxygen atoms in total. The fourth-order valence-corrected chi connectivity index (χ4v) is 3.97. The van der Waals surface area contributed by atoms with E-state index >= 15 is 0 Å². The van der Waals surface area contributed by atoms with Gasteiger partial charge in [-0.05, 0) is 6.42 Å². The molecule has 4 aliphatic heterocycles. The van der Waals surface area contributed by atoms with Crippen molar-refractivity contribution >= 4 is 0 Å². The Kier molecular flexibility index (Phi) is 5.56. The van der Waals surface area contributed by atoms with Gasteiger partial charge < -0.3 is 39.0 Å². The number of aliphatic hydroxyl groups excluding tert-OH is 2. The van der Waals surface area contributed by atoms with Crippen molar-refractivity contribution in [1.29, 1.82) is 0 Å². The van der Waals surface area contributed by atoms with E-state index in [0.29, 0.717) is 58.5 Å². The van der Waals surface area contributed by atoms with Crippen LogP contribution in [0, 0.1) is 0 Å². The molecule has 4 heterocycles. The van der Waals surface area contributed by atoms with Crippen LogP contribution < -0.4 is 0 Å². The van der Waals surface area contributed by atoms with Crippen molar-refractivity contribution in [3.05, 3.63) is 0 Å². The maximum Gasteiger partial charge on any atom is 0.158 e. The Bertz CT molecular complexity index is 442. The van der Waals surface area contributed by atoms with E-state index in [-0.39, 0.29) is 37.4 Å². The van der Waals surface area contributed by atoms with Crippen LogP contribution in [-0.4, -0.2) is 90.3 Å². The second-order valence-corrected chi connectivity index (χ2v) is 8.30. The number of ether oxygens (including phenoxy) is 5. The minimum atomic E-state index is -1.14. The molecule has 4 saturated heterocycles. The highest BCUT2D eigenvalue weighted by atomic mass is 16.6. The van der Waals surface area contributed by atoms with Crippen LogP contribution in [0.5, 0.6) is 0 Å². The summed E-state index contributed by atoms with van der Waals surface area (Å²) >= 11 is 0. The van der Waals surface area contributed by atoms with Crippen molar-refractivity contribution in [1.82, 2.24) is 0 Å². The molecule has 3 N–H and O–H groups in total. The quantitative estimate of drug-likeness (QED) is 0.280. The van der Waals surface area contributed by atoms with Gasteiger partial charge in [-0.15, -0.1) is 0 Å². The fraction of sp³-hybridized carbons (Fsp3) is 1.00. The highest BCUT2D eigenvalue weighted by Gasteiger charge is 2.47. The van der Waals surface area contributed by atoms with Crippen molar-refractivity contribution < 1.29 is 39.0 Å². The van der Waals surface area contributed by atoms with Gasteiger partial charge in [-0.25, -0.2) is 0 Å². The zero-order valence-electron chi connectivity index (χ0n) is 15.0. The van der Waals surface area contributed by atoms with E-state index in [1.54, 1.807) is 0 Å². The molecule has 4 fully saturated rings. The second-order valence-electron chi connectivity index (χ2n) is 8.30. The van der Waals surface area contributed by atoms with Crippen molar-refractivity contribution in [2.75, 3.05) is 33.0 Å². The van der Waals surface area contributed by atoms with Crippen LogP contribution in [0.2, 0.25) is 0 Å². The molecule has 4 rings (SSSR count). The average Bonchev–Trinajstić information content (AvgIpc) is 3.39. The van der Waals surface area contributed by atoms with Gasteiger partial charge in [-0.2, -0.15) is 0 Å². The molecule has 0 aromatic rings. The molecule has 0 spiro atoms. The second kappa shape index (κ2) is 7.60. The summed E-state index contributed by atoms with van der Waals surface area (Å²) in [5, 5.41) is 31.2. The normalized spacial score (nSPS) is 37.5. The molecule has 0 aliphatic carbocycles. The van der Waals surface area contributed by atoms with E-state index in [9.17, 15) is 15.3 Å². The molecule has 0 aromatic heterocycles. The minimum absolute atomic E-state index is 0.0394.